The lowest BCUT2D eigenvalue weighted by Gasteiger charge is -2.14. The second-order valence-corrected chi connectivity index (χ2v) is 6.33. The lowest BCUT2D eigenvalue weighted by atomic mass is 10.1. The van der Waals surface area contributed by atoms with Crippen LogP contribution in [0.3, 0.4) is 0 Å². The van der Waals surface area contributed by atoms with E-state index in [1.807, 2.05) is 6.26 Å². The molecule has 1 amide bonds. The summed E-state index contributed by atoms with van der Waals surface area (Å²) in [7, 11) is 0. The number of benzene rings is 1. The molecule has 4 nitrogen and oxygen atoms in total. The Hall–Kier alpha value is -0.470. The average Bonchev–Trinajstić information content (AvgIpc) is 2.37. The summed E-state index contributed by atoms with van der Waals surface area (Å²) < 4.78 is 0.841. The summed E-state index contributed by atoms with van der Waals surface area (Å²) in [5, 5.41) is 12.0. The van der Waals surface area contributed by atoms with Crippen LogP contribution < -0.4 is 5.32 Å². The van der Waals surface area contributed by atoms with Gasteiger partial charge in [0.2, 0.25) is 0 Å². The third-order valence-electron chi connectivity index (χ3n) is 2.40. The number of carboxylic acids is 1. The van der Waals surface area contributed by atoms with Crippen molar-refractivity contribution in [1.29, 1.82) is 0 Å². The number of amides is 1. The number of aliphatic carboxylic acids is 1. The number of halogens is 2. The first-order valence-corrected chi connectivity index (χ1v) is 8.28. The number of carboxylic acid groups (broad SMARTS) is 1. The van der Waals surface area contributed by atoms with E-state index < -0.39 is 17.9 Å². The van der Waals surface area contributed by atoms with Gasteiger partial charge in [-0.05, 0) is 59.2 Å². The van der Waals surface area contributed by atoms with Gasteiger partial charge in [-0.25, -0.2) is 4.79 Å². The van der Waals surface area contributed by atoms with Crippen LogP contribution in [0.2, 0.25) is 5.02 Å². The number of nitrogens with one attached hydrogen (secondary N) is 1. The maximum Gasteiger partial charge on any atom is 0.326 e. The molecule has 0 saturated heterocycles. The molecule has 19 heavy (non-hydrogen) atoms. The van der Waals surface area contributed by atoms with Crippen LogP contribution in [0.5, 0.6) is 0 Å². The van der Waals surface area contributed by atoms with Gasteiger partial charge in [-0.2, -0.15) is 11.8 Å². The van der Waals surface area contributed by atoms with E-state index in [0.717, 1.165) is 3.57 Å². The molecular formula is C12H13ClINO3S. The lowest BCUT2D eigenvalue weighted by Crippen LogP contribution is -2.41. The molecule has 0 radical (unpaired) electrons. The first kappa shape index (κ1) is 16.6. The maximum atomic E-state index is 11.9. The van der Waals surface area contributed by atoms with Gasteiger partial charge in [0.25, 0.3) is 5.91 Å². The van der Waals surface area contributed by atoms with E-state index in [-0.39, 0.29) is 0 Å². The summed E-state index contributed by atoms with van der Waals surface area (Å²) in [5.41, 5.74) is 0.362. The van der Waals surface area contributed by atoms with Crippen molar-refractivity contribution in [3.05, 3.63) is 32.4 Å². The van der Waals surface area contributed by atoms with Gasteiger partial charge in [0.15, 0.2) is 0 Å². The highest BCUT2D eigenvalue weighted by atomic mass is 127. The Balaban J connectivity index is 2.75. The van der Waals surface area contributed by atoms with Crippen molar-refractivity contribution in [2.75, 3.05) is 12.0 Å². The molecule has 1 rings (SSSR count). The van der Waals surface area contributed by atoms with Gasteiger partial charge < -0.3 is 10.4 Å². The molecule has 7 heteroatoms. The van der Waals surface area contributed by atoms with Gasteiger partial charge >= 0.3 is 5.97 Å². The zero-order valence-electron chi connectivity index (χ0n) is 10.2. The van der Waals surface area contributed by atoms with Crippen molar-refractivity contribution < 1.29 is 14.7 Å². The van der Waals surface area contributed by atoms with E-state index in [9.17, 15) is 9.59 Å². The molecule has 104 valence electrons. The molecule has 0 aliphatic carbocycles. The van der Waals surface area contributed by atoms with Gasteiger partial charge in [-0.15, -0.1) is 0 Å². The number of rotatable bonds is 6. The molecule has 1 atom stereocenters. The van der Waals surface area contributed by atoms with Crippen LogP contribution in [0.25, 0.3) is 0 Å². The lowest BCUT2D eigenvalue weighted by molar-refractivity contribution is -0.139. The number of hydrogen-bond acceptors (Lipinski definition) is 3. The summed E-state index contributed by atoms with van der Waals surface area (Å²) in [6.07, 6.45) is 2.28. The number of carbonyl (C=O) groups excluding carboxylic acids is 1. The summed E-state index contributed by atoms with van der Waals surface area (Å²) in [6.45, 7) is 0. The second kappa shape index (κ2) is 7.96. The molecule has 0 heterocycles. The fourth-order valence-corrected chi connectivity index (χ4v) is 2.36. The third kappa shape index (κ3) is 5.19. The fourth-order valence-electron chi connectivity index (χ4n) is 1.37. The maximum absolute atomic E-state index is 11.9. The molecule has 0 aliphatic rings. The topological polar surface area (TPSA) is 66.4 Å². The Morgan fingerprint density at radius 1 is 1.53 bits per heavy atom. The molecule has 1 aromatic carbocycles. The number of thioether (sulfide) groups is 1. The molecule has 0 aromatic heterocycles. The van der Waals surface area contributed by atoms with Crippen molar-refractivity contribution in [3.8, 4) is 0 Å². The van der Waals surface area contributed by atoms with E-state index >= 15 is 0 Å². The highest BCUT2D eigenvalue weighted by Gasteiger charge is 2.20. The van der Waals surface area contributed by atoms with Gasteiger partial charge in [0.1, 0.15) is 6.04 Å². The summed E-state index contributed by atoms with van der Waals surface area (Å²) in [6, 6.07) is 4.00. The van der Waals surface area contributed by atoms with E-state index in [1.54, 1.807) is 12.1 Å². The van der Waals surface area contributed by atoms with Crippen molar-refractivity contribution in [2.24, 2.45) is 0 Å². The first-order valence-electron chi connectivity index (χ1n) is 5.43. The minimum Gasteiger partial charge on any atom is -0.480 e. The Kier molecular flexibility index (Phi) is 6.95. The standard InChI is InChI=1S/C12H13ClINO3S/c1-19-5-4-10(12(17)18)15-11(16)7-2-3-9(14)8(13)6-7/h2-3,6,10H,4-5H2,1H3,(H,15,16)(H,17,18)/t10-/m1/s1. The zero-order chi connectivity index (χ0) is 14.4. The van der Waals surface area contributed by atoms with Crippen LogP contribution in [0.4, 0.5) is 0 Å². The normalized spacial score (nSPS) is 11.9. The van der Waals surface area contributed by atoms with Crippen molar-refractivity contribution in [2.45, 2.75) is 12.5 Å². The molecule has 0 spiro atoms. The molecule has 0 bridgehead atoms. The van der Waals surface area contributed by atoms with Gasteiger partial charge in [-0.1, -0.05) is 11.6 Å². The Bertz CT molecular complexity index is 484. The predicted molar refractivity (Wildman–Crippen MR) is 86.1 cm³/mol. The third-order valence-corrected chi connectivity index (χ3v) is 4.61. The minimum atomic E-state index is -1.03. The molecule has 0 unspecified atom stereocenters. The average molecular weight is 414 g/mol. The smallest absolute Gasteiger partial charge is 0.326 e. The Labute approximate surface area is 134 Å². The highest BCUT2D eigenvalue weighted by Crippen LogP contribution is 2.19. The van der Waals surface area contributed by atoms with E-state index in [1.165, 1.54) is 17.8 Å². The molecule has 2 N–H and O–H groups in total. The summed E-state index contributed by atoms with van der Waals surface area (Å²) in [5.74, 6) is -0.782. The fraction of sp³-hybridized carbons (Fsp3) is 0.333. The van der Waals surface area contributed by atoms with E-state index in [4.69, 9.17) is 16.7 Å². The van der Waals surface area contributed by atoms with E-state index in [0.29, 0.717) is 22.8 Å². The second-order valence-electron chi connectivity index (χ2n) is 3.77. The monoisotopic (exact) mass is 413 g/mol. The SMILES string of the molecule is CSCC[C@@H](NC(=O)c1ccc(I)c(Cl)c1)C(=O)O. The molecule has 0 fully saturated rings. The Morgan fingerprint density at radius 3 is 2.74 bits per heavy atom. The number of carbonyl (C=O) groups is 2. The van der Waals surface area contributed by atoms with Crippen LogP contribution in [0.1, 0.15) is 16.8 Å². The zero-order valence-corrected chi connectivity index (χ0v) is 13.9. The molecule has 0 saturated carbocycles. The van der Waals surface area contributed by atoms with Gasteiger partial charge in [-0.3, -0.25) is 4.79 Å². The Morgan fingerprint density at radius 2 is 2.21 bits per heavy atom. The van der Waals surface area contributed by atoms with Crippen molar-refractivity contribution in [3.63, 3.8) is 0 Å². The van der Waals surface area contributed by atoms with Gasteiger partial charge in [0, 0.05) is 9.13 Å². The van der Waals surface area contributed by atoms with Crippen LogP contribution in [-0.4, -0.2) is 35.0 Å². The summed E-state index contributed by atoms with van der Waals surface area (Å²) in [4.78, 5) is 23.0. The van der Waals surface area contributed by atoms with Crippen molar-refractivity contribution in [1.82, 2.24) is 5.32 Å². The largest absolute Gasteiger partial charge is 0.480 e. The molecular weight excluding hydrogens is 401 g/mol. The van der Waals surface area contributed by atoms with Crippen LogP contribution in [-0.2, 0) is 4.79 Å². The van der Waals surface area contributed by atoms with Crippen molar-refractivity contribution >= 4 is 57.8 Å². The van der Waals surface area contributed by atoms with Crippen LogP contribution in [0.15, 0.2) is 18.2 Å². The predicted octanol–water partition coefficient (Wildman–Crippen LogP) is 2.88. The quantitative estimate of drug-likeness (QED) is 0.704. The summed E-state index contributed by atoms with van der Waals surface area (Å²) >= 11 is 9.53. The van der Waals surface area contributed by atoms with Gasteiger partial charge in [0.05, 0.1) is 5.02 Å². The minimum absolute atomic E-state index is 0.362. The molecule has 1 aromatic rings. The van der Waals surface area contributed by atoms with Crippen LogP contribution in [0, 0.1) is 3.57 Å². The highest BCUT2D eigenvalue weighted by molar-refractivity contribution is 14.1. The number of hydrogen-bond donors (Lipinski definition) is 2. The first-order chi connectivity index (χ1) is 8.95. The van der Waals surface area contributed by atoms with E-state index in [2.05, 4.69) is 27.9 Å². The van der Waals surface area contributed by atoms with Crippen LogP contribution >= 0.6 is 46.0 Å². The molecule has 0 aliphatic heterocycles.